The van der Waals surface area contributed by atoms with Crippen molar-refractivity contribution in [3.8, 4) is 6.07 Å². The molecule has 0 aromatic heterocycles. The number of hydrogen-bond acceptors (Lipinski definition) is 2. The quantitative estimate of drug-likeness (QED) is 0.857. The van der Waals surface area contributed by atoms with E-state index in [-0.39, 0.29) is 5.92 Å². The molecule has 1 aromatic carbocycles. The fourth-order valence-electron chi connectivity index (χ4n) is 2.94. The Kier molecular flexibility index (Phi) is 4.47. The number of para-hydroxylation sites is 1. The fourth-order valence-corrected chi connectivity index (χ4v) is 2.94. The van der Waals surface area contributed by atoms with E-state index in [9.17, 15) is 0 Å². The molecular weight excluding hydrogens is 232 g/mol. The summed E-state index contributed by atoms with van der Waals surface area (Å²) in [6.45, 7) is 6.66. The van der Waals surface area contributed by atoms with E-state index in [1.54, 1.807) is 0 Å². The summed E-state index contributed by atoms with van der Waals surface area (Å²) in [4.78, 5) is 0. The predicted octanol–water partition coefficient (Wildman–Crippen LogP) is 4.61. The lowest BCUT2D eigenvalue weighted by atomic mass is 9.86. The van der Waals surface area contributed by atoms with Crippen LogP contribution in [-0.2, 0) is 0 Å². The van der Waals surface area contributed by atoms with E-state index in [1.165, 1.54) is 16.8 Å². The van der Waals surface area contributed by atoms with E-state index < -0.39 is 0 Å². The molecule has 0 atom stereocenters. The van der Waals surface area contributed by atoms with Crippen LogP contribution in [0.3, 0.4) is 0 Å². The minimum absolute atomic E-state index is 0.277. The van der Waals surface area contributed by atoms with Gasteiger partial charge in [-0.25, -0.2) is 0 Å². The van der Waals surface area contributed by atoms with E-state index in [4.69, 9.17) is 5.26 Å². The standard InChI is InChI=1S/C17H24N2/c1-12(2)16-6-4-5-13(3)17(16)19-15-9-7-14(11-18)8-10-15/h4-6,12,14-15,19H,7-10H2,1-3H3. The number of rotatable bonds is 3. The molecule has 1 aromatic rings. The van der Waals surface area contributed by atoms with Crippen molar-refractivity contribution in [3.05, 3.63) is 29.3 Å². The molecule has 1 aliphatic rings. The first-order valence-electron chi connectivity index (χ1n) is 7.37. The Morgan fingerprint density at radius 3 is 2.47 bits per heavy atom. The lowest BCUT2D eigenvalue weighted by Gasteiger charge is -2.29. The molecule has 0 radical (unpaired) electrons. The van der Waals surface area contributed by atoms with Gasteiger partial charge in [-0.1, -0.05) is 32.0 Å². The molecule has 2 heteroatoms. The van der Waals surface area contributed by atoms with Crippen LogP contribution in [0.2, 0.25) is 0 Å². The number of nitriles is 1. The number of aryl methyl sites for hydroxylation is 1. The van der Waals surface area contributed by atoms with Crippen LogP contribution in [0.5, 0.6) is 0 Å². The normalized spacial score (nSPS) is 23.1. The Bertz CT molecular complexity index is 463. The number of hydrogen-bond donors (Lipinski definition) is 1. The summed E-state index contributed by atoms with van der Waals surface area (Å²) >= 11 is 0. The van der Waals surface area contributed by atoms with Crippen LogP contribution in [0.1, 0.15) is 56.6 Å². The Morgan fingerprint density at radius 2 is 1.89 bits per heavy atom. The van der Waals surface area contributed by atoms with Crippen LogP contribution in [0.25, 0.3) is 0 Å². The van der Waals surface area contributed by atoms with Crippen molar-refractivity contribution >= 4 is 5.69 Å². The van der Waals surface area contributed by atoms with Crippen LogP contribution in [0.15, 0.2) is 18.2 Å². The molecule has 1 saturated carbocycles. The summed E-state index contributed by atoms with van der Waals surface area (Å²) < 4.78 is 0. The predicted molar refractivity (Wildman–Crippen MR) is 80.2 cm³/mol. The molecule has 1 N–H and O–H groups in total. The SMILES string of the molecule is Cc1cccc(C(C)C)c1NC1CCC(C#N)CC1. The third-order valence-corrected chi connectivity index (χ3v) is 4.19. The molecule has 1 aliphatic carbocycles. The highest BCUT2D eigenvalue weighted by molar-refractivity contribution is 5.59. The number of nitrogens with zero attached hydrogens (tertiary/aromatic N) is 1. The minimum Gasteiger partial charge on any atom is -0.382 e. The monoisotopic (exact) mass is 256 g/mol. The first-order chi connectivity index (χ1) is 9.11. The second kappa shape index (κ2) is 6.10. The molecule has 0 unspecified atom stereocenters. The summed E-state index contributed by atoms with van der Waals surface area (Å²) in [5.74, 6) is 0.817. The molecule has 0 bridgehead atoms. The zero-order chi connectivity index (χ0) is 13.8. The minimum atomic E-state index is 0.277. The van der Waals surface area contributed by atoms with Gasteiger partial charge in [0.15, 0.2) is 0 Å². The Morgan fingerprint density at radius 1 is 1.21 bits per heavy atom. The molecule has 0 saturated heterocycles. The van der Waals surface area contributed by atoms with Gasteiger partial charge in [0.1, 0.15) is 0 Å². The smallest absolute Gasteiger partial charge is 0.0655 e. The molecule has 102 valence electrons. The van der Waals surface area contributed by atoms with Gasteiger partial charge in [-0.05, 0) is 49.7 Å². The lowest BCUT2D eigenvalue weighted by Crippen LogP contribution is -2.26. The van der Waals surface area contributed by atoms with Crippen molar-refractivity contribution < 1.29 is 0 Å². The van der Waals surface area contributed by atoms with E-state index in [2.05, 4.69) is 50.4 Å². The number of benzene rings is 1. The molecule has 2 nitrogen and oxygen atoms in total. The molecule has 0 spiro atoms. The Labute approximate surface area is 116 Å². The summed E-state index contributed by atoms with van der Waals surface area (Å²) in [6, 6.07) is 9.47. The molecule has 2 rings (SSSR count). The highest BCUT2D eigenvalue weighted by atomic mass is 14.9. The Balaban J connectivity index is 2.10. The van der Waals surface area contributed by atoms with Gasteiger partial charge in [-0.3, -0.25) is 0 Å². The van der Waals surface area contributed by atoms with Crippen LogP contribution >= 0.6 is 0 Å². The van der Waals surface area contributed by atoms with E-state index >= 15 is 0 Å². The summed E-state index contributed by atoms with van der Waals surface area (Å²) in [7, 11) is 0. The van der Waals surface area contributed by atoms with Gasteiger partial charge in [-0.2, -0.15) is 5.26 Å². The zero-order valence-corrected chi connectivity index (χ0v) is 12.2. The van der Waals surface area contributed by atoms with Crippen LogP contribution < -0.4 is 5.32 Å². The molecule has 1 fully saturated rings. The average molecular weight is 256 g/mol. The molecule has 0 aliphatic heterocycles. The molecule has 0 amide bonds. The second-order valence-corrected chi connectivity index (χ2v) is 6.02. The maximum atomic E-state index is 8.96. The van der Waals surface area contributed by atoms with Crippen molar-refractivity contribution in [2.75, 3.05) is 5.32 Å². The summed E-state index contributed by atoms with van der Waals surface area (Å²) in [5, 5.41) is 12.7. The van der Waals surface area contributed by atoms with Gasteiger partial charge >= 0.3 is 0 Å². The lowest BCUT2D eigenvalue weighted by molar-refractivity contribution is 0.397. The second-order valence-electron chi connectivity index (χ2n) is 6.02. The van der Waals surface area contributed by atoms with Crippen LogP contribution in [0, 0.1) is 24.2 Å². The van der Waals surface area contributed by atoms with E-state index in [0.29, 0.717) is 12.0 Å². The summed E-state index contributed by atoms with van der Waals surface area (Å²) in [5.41, 5.74) is 4.05. The van der Waals surface area contributed by atoms with Crippen molar-refractivity contribution in [1.82, 2.24) is 0 Å². The van der Waals surface area contributed by atoms with E-state index in [1.807, 2.05) is 0 Å². The zero-order valence-electron chi connectivity index (χ0n) is 12.2. The van der Waals surface area contributed by atoms with Crippen molar-refractivity contribution in [1.29, 1.82) is 5.26 Å². The molecule has 19 heavy (non-hydrogen) atoms. The van der Waals surface area contributed by atoms with Gasteiger partial charge in [0.2, 0.25) is 0 Å². The first-order valence-corrected chi connectivity index (χ1v) is 7.37. The third kappa shape index (κ3) is 3.29. The van der Waals surface area contributed by atoms with Gasteiger partial charge in [0.05, 0.1) is 6.07 Å². The van der Waals surface area contributed by atoms with Gasteiger partial charge in [0, 0.05) is 17.6 Å². The number of anilines is 1. The highest BCUT2D eigenvalue weighted by Crippen LogP contribution is 2.31. The fraction of sp³-hybridized carbons (Fsp3) is 0.588. The number of nitrogens with one attached hydrogen (secondary N) is 1. The summed E-state index contributed by atoms with van der Waals surface area (Å²) in [6.07, 6.45) is 4.31. The highest BCUT2D eigenvalue weighted by Gasteiger charge is 2.22. The van der Waals surface area contributed by atoms with Crippen molar-refractivity contribution in [3.63, 3.8) is 0 Å². The van der Waals surface area contributed by atoms with Gasteiger partial charge in [0.25, 0.3) is 0 Å². The Hall–Kier alpha value is -1.49. The third-order valence-electron chi connectivity index (χ3n) is 4.19. The van der Waals surface area contributed by atoms with Crippen LogP contribution in [-0.4, -0.2) is 6.04 Å². The molecular formula is C17H24N2. The average Bonchev–Trinajstić information content (AvgIpc) is 2.41. The molecule has 0 heterocycles. The van der Waals surface area contributed by atoms with Crippen molar-refractivity contribution in [2.45, 2.75) is 58.4 Å². The van der Waals surface area contributed by atoms with Crippen molar-refractivity contribution in [2.24, 2.45) is 5.92 Å². The topological polar surface area (TPSA) is 35.8 Å². The maximum Gasteiger partial charge on any atom is 0.0655 e. The first kappa shape index (κ1) is 13.9. The van der Waals surface area contributed by atoms with Gasteiger partial charge < -0.3 is 5.32 Å². The largest absolute Gasteiger partial charge is 0.382 e. The van der Waals surface area contributed by atoms with Crippen LogP contribution in [0.4, 0.5) is 5.69 Å². The van der Waals surface area contributed by atoms with E-state index in [0.717, 1.165) is 25.7 Å². The maximum absolute atomic E-state index is 8.96. The van der Waals surface area contributed by atoms with Gasteiger partial charge in [-0.15, -0.1) is 0 Å².